The third kappa shape index (κ3) is 5.96. The third-order valence-electron chi connectivity index (χ3n) is 4.72. The van der Waals surface area contributed by atoms with Crippen LogP contribution in [-0.4, -0.2) is 16.1 Å². The maximum Gasteiger partial charge on any atom is 0.416 e. The summed E-state index contributed by atoms with van der Waals surface area (Å²) in [6, 6.07) is 13.3. The molecule has 0 bridgehead atoms. The van der Waals surface area contributed by atoms with Crippen LogP contribution >= 0.6 is 11.8 Å². The number of alkyl halides is 3. The van der Waals surface area contributed by atoms with Gasteiger partial charge in [-0.2, -0.15) is 13.2 Å². The van der Waals surface area contributed by atoms with Crippen molar-refractivity contribution in [1.82, 2.24) is 10.3 Å². The summed E-state index contributed by atoms with van der Waals surface area (Å²) < 4.78 is 50.1. The zero-order chi connectivity index (χ0) is 24.1. The number of carbonyl (C=O) groups excluding carboxylic acids is 2. The molecule has 1 saturated heterocycles. The zero-order valence-corrected chi connectivity index (χ0v) is 18.3. The topological polar surface area (TPSA) is 77.5 Å². The number of nitrogens with zero attached hydrogens (tertiary/aromatic N) is 1. The van der Waals surface area contributed by atoms with Gasteiger partial charge in [0.05, 0.1) is 10.5 Å². The number of pyridine rings is 1. The molecule has 1 aromatic heterocycles. The first-order valence-corrected chi connectivity index (χ1v) is 10.8. The summed E-state index contributed by atoms with van der Waals surface area (Å²) in [4.78, 5) is 27.6. The van der Waals surface area contributed by atoms with E-state index < -0.39 is 22.9 Å². The Morgan fingerprint density at radius 1 is 0.971 bits per heavy atom. The summed E-state index contributed by atoms with van der Waals surface area (Å²) in [7, 11) is 0. The number of carbonyl (C=O) groups is 2. The van der Waals surface area contributed by atoms with Gasteiger partial charge in [-0.25, -0.2) is 0 Å². The first kappa shape index (κ1) is 23.4. The fourth-order valence-electron chi connectivity index (χ4n) is 3.01. The van der Waals surface area contributed by atoms with E-state index in [1.807, 2.05) is 6.07 Å². The molecule has 0 spiro atoms. The predicted molar refractivity (Wildman–Crippen MR) is 120 cm³/mol. The Hall–Kier alpha value is -3.79. The number of nitrogens with one attached hydrogen (secondary N) is 1. The van der Waals surface area contributed by atoms with Crippen molar-refractivity contribution in [2.45, 2.75) is 19.4 Å². The lowest BCUT2D eigenvalue weighted by Gasteiger charge is -2.13. The predicted octanol–water partition coefficient (Wildman–Crippen LogP) is 5.58. The zero-order valence-electron chi connectivity index (χ0n) is 17.5. The standard InChI is InChI=1S/C24H17F3N2O4S/c25-24(26,27)18-6-3-15(4-7-18)13-33-20-11-19(32-14-16-2-1-9-28-12-16)8-5-17(20)10-21-22(30)29-23(31)34-21/h1-12H,13-14H2,(H,29,30,31)/b21-10-. The number of rotatable bonds is 7. The number of hydrogen-bond donors (Lipinski definition) is 1. The van der Waals surface area contributed by atoms with Gasteiger partial charge in [0.25, 0.3) is 11.1 Å². The average Bonchev–Trinajstić information content (AvgIpc) is 3.14. The van der Waals surface area contributed by atoms with E-state index in [-0.39, 0.29) is 18.1 Å². The molecule has 1 aliphatic heterocycles. The largest absolute Gasteiger partial charge is 0.489 e. The number of halogens is 3. The molecule has 0 saturated carbocycles. The van der Waals surface area contributed by atoms with Gasteiger partial charge < -0.3 is 9.47 Å². The number of thioether (sulfide) groups is 1. The molecule has 0 radical (unpaired) electrons. The van der Waals surface area contributed by atoms with Crippen molar-refractivity contribution in [2.75, 3.05) is 0 Å². The lowest BCUT2D eigenvalue weighted by Crippen LogP contribution is -2.17. The Balaban J connectivity index is 1.55. The van der Waals surface area contributed by atoms with Crippen molar-refractivity contribution in [3.05, 3.63) is 94.1 Å². The molecule has 2 heterocycles. The number of ether oxygens (including phenoxy) is 2. The van der Waals surface area contributed by atoms with Gasteiger partial charge in [-0.1, -0.05) is 18.2 Å². The minimum Gasteiger partial charge on any atom is -0.489 e. The normalized spacial score (nSPS) is 14.9. The van der Waals surface area contributed by atoms with Crippen molar-refractivity contribution in [3.63, 3.8) is 0 Å². The van der Waals surface area contributed by atoms with E-state index in [4.69, 9.17) is 9.47 Å². The van der Waals surface area contributed by atoms with Crippen molar-refractivity contribution >= 4 is 29.0 Å². The van der Waals surface area contributed by atoms with Crippen LogP contribution in [0, 0.1) is 0 Å². The molecule has 6 nitrogen and oxygen atoms in total. The Bertz CT molecular complexity index is 1230. The molecule has 10 heteroatoms. The SMILES string of the molecule is O=C1NC(=O)/C(=C/c2ccc(OCc3cccnc3)cc2OCc2ccc(C(F)(F)F)cc2)S1. The van der Waals surface area contributed by atoms with E-state index in [9.17, 15) is 22.8 Å². The van der Waals surface area contributed by atoms with Crippen LogP contribution in [0.4, 0.5) is 18.0 Å². The lowest BCUT2D eigenvalue weighted by molar-refractivity contribution is -0.137. The van der Waals surface area contributed by atoms with Crippen LogP contribution in [0.15, 0.2) is 71.9 Å². The molecule has 0 unspecified atom stereocenters. The summed E-state index contributed by atoms with van der Waals surface area (Å²) in [5.41, 5.74) is 1.14. The van der Waals surface area contributed by atoms with Gasteiger partial charge in [0.15, 0.2) is 0 Å². The van der Waals surface area contributed by atoms with Crippen LogP contribution < -0.4 is 14.8 Å². The molecule has 4 rings (SSSR count). The van der Waals surface area contributed by atoms with Crippen molar-refractivity contribution in [1.29, 1.82) is 0 Å². The fraction of sp³-hybridized carbons (Fsp3) is 0.125. The third-order valence-corrected chi connectivity index (χ3v) is 5.53. The number of aromatic nitrogens is 1. The van der Waals surface area contributed by atoms with E-state index >= 15 is 0 Å². The van der Waals surface area contributed by atoms with Gasteiger partial charge in [0.1, 0.15) is 24.7 Å². The van der Waals surface area contributed by atoms with E-state index in [1.54, 1.807) is 36.7 Å². The van der Waals surface area contributed by atoms with Crippen LogP contribution in [0.1, 0.15) is 22.3 Å². The number of hydrogen-bond acceptors (Lipinski definition) is 6. The molecule has 0 atom stereocenters. The van der Waals surface area contributed by atoms with Gasteiger partial charge in [-0.3, -0.25) is 19.9 Å². The summed E-state index contributed by atoms with van der Waals surface area (Å²) in [5, 5.41) is 1.71. The maximum absolute atomic E-state index is 12.8. The van der Waals surface area contributed by atoms with E-state index in [1.165, 1.54) is 18.2 Å². The van der Waals surface area contributed by atoms with Crippen LogP contribution in [0.3, 0.4) is 0 Å². The second kappa shape index (κ2) is 10.0. The highest BCUT2D eigenvalue weighted by Gasteiger charge is 2.30. The Labute approximate surface area is 196 Å². The molecule has 34 heavy (non-hydrogen) atoms. The first-order valence-electron chi connectivity index (χ1n) is 9.97. The molecule has 2 amide bonds. The second-order valence-corrected chi connectivity index (χ2v) is 8.20. The van der Waals surface area contributed by atoms with Gasteiger partial charge >= 0.3 is 6.18 Å². The number of imide groups is 1. The van der Waals surface area contributed by atoms with Gasteiger partial charge in [-0.05, 0) is 53.7 Å². The quantitative estimate of drug-likeness (QED) is 0.439. The van der Waals surface area contributed by atoms with Crippen LogP contribution in [0.25, 0.3) is 6.08 Å². The molecule has 3 aromatic rings. The van der Waals surface area contributed by atoms with Gasteiger partial charge in [0, 0.05) is 29.6 Å². The molecular formula is C24H17F3N2O4S. The molecule has 0 aliphatic carbocycles. The summed E-state index contributed by atoms with van der Waals surface area (Å²) >= 11 is 0.769. The van der Waals surface area contributed by atoms with Crippen molar-refractivity contribution in [2.24, 2.45) is 0 Å². The Kier molecular flexibility index (Phi) is 6.87. The average molecular weight is 486 g/mol. The molecular weight excluding hydrogens is 469 g/mol. The summed E-state index contributed by atoms with van der Waals surface area (Å²) in [5.74, 6) is 0.303. The van der Waals surface area contributed by atoms with E-state index in [0.29, 0.717) is 22.6 Å². The molecule has 1 aliphatic rings. The fourth-order valence-corrected chi connectivity index (χ4v) is 3.69. The minimum atomic E-state index is -4.42. The smallest absolute Gasteiger partial charge is 0.416 e. The number of amides is 2. The van der Waals surface area contributed by atoms with Gasteiger partial charge in [0.2, 0.25) is 0 Å². The Morgan fingerprint density at radius 2 is 1.74 bits per heavy atom. The highest BCUT2D eigenvalue weighted by atomic mass is 32.2. The van der Waals surface area contributed by atoms with Crippen molar-refractivity contribution < 1.29 is 32.2 Å². The first-order chi connectivity index (χ1) is 16.3. The summed E-state index contributed by atoms with van der Waals surface area (Å²) in [6.45, 7) is 0.248. The van der Waals surface area contributed by atoms with Crippen LogP contribution in [-0.2, 0) is 24.2 Å². The lowest BCUT2D eigenvalue weighted by atomic mass is 10.1. The number of benzene rings is 2. The maximum atomic E-state index is 12.8. The monoisotopic (exact) mass is 486 g/mol. The summed E-state index contributed by atoms with van der Waals surface area (Å²) in [6.07, 6.45) is 0.419. The highest BCUT2D eigenvalue weighted by Crippen LogP contribution is 2.33. The van der Waals surface area contributed by atoms with E-state index in [0.717, 1.165) is 29.5 Å². The molecule has 1 fully saturated rings. The second-order valence-electron chi connectivity index (χ2n) is 7.19. The van der Waals surface area contributed by atoms with Crippen molar-refractivity contribution in [3.8, 4) is 11.5 Å². The molecule has 2 aromatic carbocycles. The van der Waals surface area contributed by atoms with Gasteiger partial charge in [-0.15, -0.1) is 0 Å². The highest BCUT2D eigenvalue weighted by molar-refractivity contribution is 8.18. The van der Waals surface area contributed by atoms with E-state index in [2.05, 4.69) is 10.3 Å². The van der Waals surface area contributed by atoms with Crippen LogP contribution in [0.5, 0.6) is 11.5 Å². The molecule has 174 valence electrons. The van der Waals surface area contributed by atoms with Crippen LogP contribution in [0.2, 0.25) is 0 Å². The minimum absolute atomic E-state index is 0.0152. The molecule has 1 N–H and O–H groups in total. The Morgan fingerprint density at radius 3 is 2.38 bits per heavy atom.